The number of aliphatic imine (C=N–C) groups is 1. The van der Waals surface area contributed by atoms with Crippen molar-refractivity contribution in [2.24, 2.45) is 4.99 Å². The number of hydrogen-bond acceptors (Lipinski definition) is 5. The molecule has 108 valence electrons. The van der Waals surface area contributed by atoms with Gasteiger partial charge >= 0.3 is 0 Å². The van der Waals surface area contributed by atoms with Gasteiger partial charge in [-0.15, -0.1) is 0 Å². The number of carbonyl (C=O) groups excluding carboxylic acids is 1. The van der Waals surface area contributed by atoms with Gasteiger partial charge in [0.1, 0.15) is 11.5 Å². The maximum atomic E-state index is 12.6. The van der Waals surface area contributed by atoms with Crippen LogP contribution in [0.2, 0.25) is 0 Å². The van der Waals surface area contributed by atoms with Crippen LogP contribution in [0.5, 0.6) is 0 Å². The lowest BCUT2D eigenvalue weighted by molar-refractivity contribution is -0.113. The van der Waals surface area contributed by atoms with E-state index in [1.54, 1.807) is 18.2 Å². The lowest BCUT2D eigenvalue weighted by Gasteiger charge is -2.16. The molecule has 1 aromatic carbocycles. The van der Waals surface area contributed by atoms with Gasteiger partial charge in [-0.2, -0.15) is 5.26 Å². The van der Waals surface area contributed by atoms with E-state index in [9.17, 15) is 4.79 Å². The molecule has 1 aromatic heterocycles. The van der Waals surface area contributed by atoms with Crippen LogP contribution in [0.4, 0.5) is 5.69 Å². The minimum absolute atomic E-state index is 0.226. The van der Waals surface area contributed by atoms with Crippen molar-refractivity contribution in [3.05, 3.63) is 60.2 Å². The monoisotopic (exact) mass is 309 g/mol. The van der Waals surface area contributed by atoms with Crippen LogP contribution in [0.15, 0.2) is 63.8 Å². The molecule has 6 heteroatoms. The van der Waals surface area contributed by atoms with Crippen LogP contribution in [0.1, 0.15) is 5.76 Å². The fourth-order valence-corrected chi connectivity index (χ4v) is 2.68. The topological polar surface area (TPSA) is 69.6 Å². The summed E-state index contributed by atoms with van der Waals surface area (Å²) in [5.74, 6) is 0.554. The van der Waals surface area contributed by atoms with E-state index >= 15 is 0 Å². The standard InChI is InChI=1S/C16H11N3O2S/c17-8-10-22-16-18-14(11-13-7-4-9-21-13)15(20)19(16)12-5-2-1-3-6-12/h1-7,9,11H,10H2/b14-11-. The second-order valence-corrected chi connectivity index (χ2v) is 5.30. The van der Waals surface area contributed by atoms with Crippen molar-refractivity contribution >= 4 is 34.6 Å². The maximum Gasteiger partial charge on any atom is 0.283 e. The molecule has 0 bridgehead atoms. The zero-order chi connectivity index (χ0) is 15.4. The predicted octanol–water partition coefficient (Wildman–Crippen LogP) is 3.28. The van der Waals surface area contributed by atoms with E-state index in [-0.39, 0.29) is 11.7 Å². The molecular formula is C16H11N3O2S. The Morgan fingerprint density at radius 2 is 2.09 bits per heavy atom. The summed E-state index contributed by atoms with van der Waals surface area (Å²) in [6.07, 6.45) is 3.13. The number of carbonyl (C=O) groups is 1. The Labute approximate surface area is 131 Å². The highest BCUT2D eigenvalue weighted by Crippen LogP contribution is 2.29. The Kier molecular flexibility index (Phi) is 4.08. The fourth-order valence-electron chi connectivity index (χ4n) is 2.00. The minimum Gasteiger partial charge on any atom is -0.465 e. The number of nitriles is 1. The number of nitrogens with zero attached hydrogens (tertiary/aromatic N) is 3. The van der Waals surface area contributed by atoms with Crippen LogP contribution in [-0.2, 0) is 4.79 Å². The van der Waals surface area contributed by atoms with Crippen molar-refractivity contribution in [2.45, 2.75) is 0 Å². The zero-order valence-electron chi connectivity index (χ0n) is 11.5. The van der Waals surface area contributed by atoms with Gasteiger partial charge in [0.2, 0.25) is 0 Å². The molecule has 1 aliphatic rings. The van der Waals surface area contributed by atoms with Crippen LogP contribution in [0.25, 0.3) is 6.08 Å². The van der Waals surface area contributed by atoms with Gasteiger partial charge in [-0.05, 0) is 24.3 Å². The molecule has 2 aromatic rings. The van der Waals surface area contributed by atoms with E-state index in [4.69, 9.17) is 9.68 Å². The average molecular weight is 309 g/mol. The highest BCUT2D eigenvalue weighted by atomic mass is 32.2. The van der Waals surface area contributed by atoms with Gasteiger partial charge in [0.15, 0.2) is 5.17 Å². The van der Waals surface area contributed by atoms with Crippen molar-refractivity contribution in [3.63, 3.8) is 0 Å². The van der Waals surface area contributed by atoms with Crippen LogP contribution in [-0.4, -0.2) is 16.8 Å². The number of benzene rings is 1. The summed E-state index contributed by atoms with van der Waals surface area (Å²) in [6.45, 7) is 0. The van der Waals surface area contributed by atoms with Crippen molar-refractivity contribution in [1.29, 1.82) is 5.26 Å². The molecule has 0 saturated carbocycles. The highest BCUT2D eigenvalue weighted by molar-refractivity contribution is 8.14. The Hall–Kier alpha value is -2.78. The normalized spacial score (nSPS) is 16.0. The first kappa shape index (κ1) is 14.2. The molecule has 0 atom stereocenters. The number of anilines is 1. The van der Waals surface area contributed by atoms with Crippen LogP contribution < -0.4 is 4.90 Å². The predicted molar refractivity (Wildman–Crippen MR) is 86.1 cm³/mol. The average Bonchev–Trinajstić information content (AvgIpc) is 3.15. The molecular weight excluding hydrogens is 298 g/mol. The molecule has 0 fully saturated rings. The molecule has 5 nitrogen and oxygen atoms in total. The van der Waals surface area contributed by atoms with Crippen molar-refractivity contribution < 1.29 is 9.21 Å². The third-order valence-electron chi connectivity index (χ3n) is 2.93. The SMILES string of the molecule is N#CCSC1=N/C(=C\c2ccco2)C(=O)N1c1ccccc1. The Morgan fingerprint density at radius 1 is 1.27 bits per heavy atom. The van der Waals surface area contributed by atoms with Gasteiger partial charge in [-0.3, -0.25) is 9.69 Å². The summed E-state index contributed by atoms with van der Waals surface area (Å²) in [6, 6.07) is 14.8. The zero-order valence-corrected chi connectivity index (χ0v) is 12.3. The van der Waals surface area contributed by atoms with E-state index in [2.05, 4.69) is 4.99 Å². The Bertz CT molecular complexity index is 773. The van der Waals surface area contributed by atoms with Gasteiger partial charge in [-0.25, -0.2) is 4.99 Å². The van der Waals surface area contributed by atoms with Crippen LogP contribution in [0, 0.1) is 11.3 Å². The molecule has 0 saturated heterocycles. The van der Waals surface area contributed by atoms with Gasteiger partial charge in [0.25, 0.3) is 5.91 Å². The molecule has 1 aliphatic heterocycles. The van der Waals surface area contributed by atoms with Crippen molar-refractivity contribution in [3.8, 4) is 6.07 Å². The second kappa shape index (κ2) is 6.33. The first-order valence-corrected chi connectivity index (χ1v) is 7.51. The molecule has 0 radical (unpaired) electrons. The fraction of sp³-hybridized carbons (Fsp3) is 0.0625. The van der Waals surface area contributed by atoms with Gasteiger partial charge in [-0.1, -0.05) is 30.0 Å². The van der Waals surface area contributed by atoms with E-state index < -0.39 is 0 Å². The molecule has 1 amide bonds. The first-order valence-electron chi connectivity index (χ1n) is 6.53. The number of para-hydroxylation sites is 1. The molecule has 22 heavy (non-hydrogen) atoms. The van der Waals surface area contributed by atoms with E-state index in [1.165, 1.54) is 22.9 Å². The van der Waals surface area contributed by atoms with Gasteiger partial charge < -0.3 is 4.42 Å². The summed E-state index contributed by atoms with van der Waals surface area (Å²) in [5.41, 5.74) is 1.01. The second-order valence-electron chi connectivity index (χ2n) is 4.36. The summed E-state index contributed by atoms with van der Waals surface area (Å²) in [7, 11) is 0. The number of amides is 1. The summed E-state index contributed by atoms with van der Waals surface area (Å²) in [5, 5.41) is 9.26. The largest absolute Gasteiger partial charge is 0.465 e. The molecule has 3 rings (SSSR count). The van der Waals surface area contributed by atoms with E-state index in [0.717, 1.165) is 5.69 Å². The highest BCUT2D eigenvalue weighted by Gasteiger charge is 2.31. The third kappa shape index (κ3) is 2.80. The van der Waals surface area contributed by atoms with Crippen molar-refractivity contribution in [2.75, 3.05) is 10.7 Å². The van der Waals surface area contributed by atoms with Crippen LogP contribution >= 0.6 is 11.8 Å². The molecule has 0 N–H and O–H groups in total. The molecule has 0 unspecified atom stereocenters. The molecule has 2 heterocycles. The summed E-state index contributed by atoms with van der Waals surface area (Å²) in [4.78, 5) is 18.5. The quantitative estimate of drug-likeness (QED) is 0.816. The summed E-state index contributed by atoms with van der Waals surface area (Å²) >= 11 is 1.23. The number of furan rings is 1. The van der Waals surface area contributed by atoms with E-state index in [0.29, 0.717) is 16.6 Å². The maximum absolute atomic E-state index is 12.6. The number of thioether (sulfide) groups is 1. The number of hydrogen-bond donors (Lipinski definition) is 0. The lowest BCUT2D eigenvalue weighted by atomic mass is 10.2. The Morgan fingerprint density at radius 3 is 2.77 bits per heavy atom. The number of rotatable bonds is 3. The first-order chi connectivity index (χ1) is 10.8. The van der Waals surface area contributed by atoms with Crippen LogP contribution in [0.3, 0.4) is 0 Å². The van der Waals surface area contributed by atoms with Gasteiger partial charge in [0.05, 0.1) is 23.8 Å². The minimum atomic E-state index is -0.233. The van der Waals surface area contributed by atoms with E-state index in [1.807, 2.05) is 36.4 Å². The lowest BCUT2D eigenvalue weighted by Crippen LogP contribution is -2.30. The molecule has 0 aliphatic carbocycles. The molecule has 0 spiro atoms. The number of amidine groups is 1. The van der Waals surface area contributed by atoms with Crippen molar-refractivity contribution in [1.82, 2.24) is 0 Å². The smallest absolute Gasteiger partial charge is 0.283 e. The summed E-state index contributed by atoms with van der Waals surface area (Å²) < 4.78 is 5.23. The Balaban J connectivity index is 1.97. The van der Waals surface area contributed by atoms with Gasteiger partial charge in [0, 0.05) is 6.08 Å². The third-order valence-corrected chi connectivity index (χ3v) is 3.74.